The van der Waals surface area contributed by atoms with Gasteiger partial charge in [0.2, 0.25) is 0 Å². The summed E-state index contributed by atoms with van der Waals surface area (Å²) >= 11 is 0. The minimum absolute atomic E-state index is 0.150. The monoisotopic (exact) mass is 276 g/mol. The molecular formula is C13H20N6O. The summed E-state index contributed by atoms with van der Waals surface area (Å²) in [5.41, 5.74) is 2.60. The van der Waals surface area contributed by atoms with E-state index in [2.05, 4.69) is 20.5 Å². The van der Waals surface area contributed by atoms with Gasteiger partial charge >= 0.3 is 0 Å². The Balaban J connectivity index is 2.42. The molecule has 0 amide bonds. The van der Waals surface area contributed by atoms with E-state index in [4.69, 9.17) is 0 Å². The Morgan fingerprint density at radius 2 is 1.90 bits per heavy atom. The van der Waals surface area contributed by atoms with Crippen LogP contribution in [0.1, 0.15) is 54.8 Å². The van der Waals surface area contributed by atoms with E-state index in [9.17, 15) is 4.79 Å². The molecule has 0 fully saturated rings. The van der Waals surface area contributed by atoms with Crippen molar-refractivity contribution in [1.29, 1.82) is 0 Å². The average molecular weight is 276 g/mol. The second kappa shape index (κ2) is 5.94. The van der Waals surface area contributed by atoms with Crippen LogP contribution in [0.3, 0.4) is 0 Å². The van der Waals surface area contributed by atoms with Gasteiger partial charge in [0, 0.05) is 12.1 Å². The van der Waals surface area contributed by atoms with Gasteiger partial charge in [0.05, 0.1) is 18.3 Å². The molecule has 108 valence electrons. The highest BCUT2D eigenvalue weighted by atomic mass is 16.1. The summed E-state index contributed by atoms with van der Waals surface area (Å²) in [5.74, 6) is 0.750. The lowest BCUT2D eigenvalue weighted by atomic mass is 10.0. The van der Waals surface area contributed by atoms with E-state index in [1.165, 1.54) is 4.80 Å². The zero-order chi connectivity index (χ0) is 14.7. The summed E-state index contributed by atoms with van der Waals surface area (Å²) in [7, 11) is 1.73. The smallest absolute Gasteiger partial charge is 0.196 e. The molecule has 0 saturated carbocycles. The first-order valence-electron chi connectivity index (χ1n) is 6.95. The standard InChI is InChI=1S/C13H20N6O/c1-5-9-13(11(20)7-3)10(6-2)19(15-9)8-12-14-17-18(4)16-12/h5-8H2,1-4H3. The van der Waals surface area contributed by atoms with Crippen LogP contribution in [-0.4, -0.2) is 35.8 Å². The molecule has 0 aromatic carbocycles. The first-order valence-corrected chi connectivity index (χ1v) is 6.95. The number of rotatable bonds is 6. The molecule has 0 spiro atoms. The average Bonchev–Trinajstić information content (AvgIpc) is 3.01. The number of Topliss-reactive ketones (excluding diaryl/α,β-unsaturated/α-hetero) is 1. The van der Waals surface area contributed by atoms with Crippen molar-refractivity contribution in [3.05, 3.63) is 22.8 Å². The first-order chi connectivity index (χ1) is 9.60. The summed E-state index contributed by atoms with van der Waals surface area (Å²) in [6.07, 6.45) is 2.00. The van der Waals surface area contributed by atoms with Crippen molar-refractivity contribution in [2.45, 2.75) is 46.6 Å². The summed E-state index contributed by atoms with van der Waals surface area (Å²) < 4.78 is 1.83. The van der Waals surface area contributed by atoms with Crippen molar-refractivity contribution in [1.82, 2.24) is 30.0 Å². The van der Waals surface area contributed by atoms with Crippen molar-refractivity contribution >= 4 is 5.78 Å². The van der Waals surface area contributed by atoms with Gasteiger partial charge in [-0.2, -0.15) is 9.90 Å². The highest BCUT2D eigenvalue weighted by Gasteiger charge is 2.21. The molecule has 2 heterocycles. The summed E-state index contributed by atoms with van der Waals surface area (Å²) in [4.78, 5) is 13.6. The third-order valence-corrected chi connectivity index (χ3v) is 3.24. The second-order valence-electron chi connectivity index (χ2n) is 4.60. The van der Waals surface area contributed by atoms with Crippen LogP contribution >= 0.6 is 0 Å². The Morgan fingerprint density at radius 1 is 1.15 bits per heavy atom. The van der Waals surface area contributed by atoms with Gasteiger partial charge in [0.15, 0.2) is 11.6 Å². The van der Waals surface area contributed by atoms with Gasteiger partial charge in [-0.05, 0) is 18.1 Å². The highest BCUT2D eigenvalue weighted by Crippen LogP contribution is 2.19. The normalized spacial score (nSPS) is 11.0. The van der Waals surface area contributed by atoms with E-state index in [0.717, 1.165) is 29.8 Å². The lowest BCUT2D eigenvalue weighted by molar-refractivity contribution is 0.0986. The van der Waals surface area contributed by atoms with Crippen LogP contribution in [0.2, 0.25) is 0 Å². The van der Waals surface area contributed by atoms with Crippen molar-refractivity contribution < 1.29 is 4.79 Å². The second-order valence-corrected chi connectivity index (χ2v) is 4.60. The minimum atomic E-state index is 0.150. The number of aryl methyl sites for hydroxylation is 2. The van der Waals surface area contributed by atoms with Crippen LogP contribution < -0.4 is 0 Å². The summed E-state index contributed by atoms with van der Waals surface area (Å²) in [6.45, 7) is 6.37. The number of nitrogens with zero attached hydrogens (tertiary/aromatic N) is 6. The molecular weight excluding hydrogens is 256 g/mol. The van der Waals surface area contributed by atoms with Crippen LogP contribution in [0.15, 0.2) is 0 Å². The molecule has 2 aromatic rings. The van der Waals surface area contributed by atoms with Crippen molar-refractivity contribution in [2.24, 2.45) is 7.05 Å². The number of carbonyl (C=O) groups excluding carboxylic acids is 1. The van der Waals surface area contributed by atoms with Crippen LogP contribution in [0.4, 0.5) is 0 Å². The molecule has 2 aromatic heterocycles. The SMILES string of the molecule is CCC(=O)c1c(CC)nn(Cc2nnn(C)n2)c1CC. The zero-order valence-electron chi connectivity index (χ0n) is 12.4. The molecule has 0 N–H and O–H groups in total. The Bertz CT molecular complexity index is 612. The fraction of sp³-hybridized carbons (Fsp3) is 0.615. The molecule has 0 radical (unpaired) electrons. The fourth-order valence-corrected chi connectivity index (χ4v) is 2.31. The Morgan fingerprint density at radius 3 is 2.40 bits per heavy atom. The van der Waals surface area contributed by atoms with Crippen LogP contribution in [0, 0.1) is 0 Å². The maximum atomic E-state index is 12.1. The van der Waals surface area contributed by atoms with Crippen LogP contribution in [0.5, 0.6) is 0 Å². The molecule has 7 nitrogen and oxygen atoms in total. The third kappa shape index (κ3) is 2.61. The molecule has 0 bridgehead atoms. The predicted molar refractivity (Wildman–Crippen MR) is 73.5 cm³/mol. The topological polar surface area (TPSA) is 78.5 Å². The van der Waals surface area contributed by atoms with Crippen molar-refractivity contribution in [2.75, 3.05) is 0 Å². The quantitative estimate of drug-likeness (QED) is 0.740. The number of carbonyl (C=O) groups is 1. The van der Waals surface area contributed by atoms with Crippen molar-refractivity contribution in [3.8, 4) is 0 Å². The first kappa shape index (κ1) is 14.4. The number of aromatic nitrogens is 6. The van der Waals surface area contributed by atoms with Gasteiger partial charge in [-0.25, -0.2) is 0 Å². The maximum absolute atomic E-state index is 12.1. The highest BCUT2D eigenvalue weighted by molar-refractivity contribution is 5.98. The van der Waals surface area contributed by atoms with Crippen LogP contribution in [-0.2, 0) is 26.4 Å². The molecule has 0 atom stereocenters. The zero-order valence-corrected chi connectivity index (χ0v) is 12.4. The Hall–Kier alpha value is -2.05. The molecule has 0 unspecified atom stereocenters. The molecule has 20 heavy (non-hydrogen) atoms. The van der Waals surface area contributed by atoms with E-state index in [-0.39, 0.29) is 5.78 Å². The maximum Gasteiger partial charge on any atom is 0.196 e. The van der Waals surface area contributed by atoms with E-state index in [1.54, 1.807) is 7.05 Å². The number of ketones is 1. The van der Waals surface area contributed by atoms with E-state index in [0.29, 0.717) is 18.8 Å². The molecule has 0 aliphatic heterocycles. The predicted octanol–water partition coefficient (Wildman–Crippen LogP) is 1.17. The van der Waals surface area contributed by atoms with E-state index in [1.807, 2.05) is 25.5 Å². The lowest BCUT2D eigenvalue weighted by Gasteiger charge is -2.04. The molecule has 0 aliphatic rings. The van der Waals surface area contributed by atoms with Gasteiger partial charge in [-0.3, -0.25) is 9.48 Å². The van der Waals surface area contributed by atoms with Gasteiger partial charge in [0.1, 0.15) is 6.54 Å². The molecule has 2 rings (SSSR count). The molecule has 0 aliphatic carbocycles. The van der Waals surface area contributed by atoms with E-state index >= 15 is 0 Å². The van der Waals surface area contributed by atoms with Gasteiger partial charge in [0.25, 0.3) is 0 Å². The number of hydrogen-bond donors (Lipinski definition) is 0. The van der Waals surface area contributed by atoms with Crippen LogP contribution in [0.25, 0.3) is 0 Å². The van der Waals surface area contributed by atoms with Gasteiger partial charge in [-0.1, -0.05) is 20.8 Å². The minimum Gasteiger partial charge on any atom is -0.294 e. The fourth-order valence-electron chi connectivity index (χ4n) is 2.31. The molecule has 0 saturated heterocycles. The van der Waals surface area contributed by atoms with Crippen molar-refractivity contribution in [3.63, 3.8) is 0 Å². The van der Waals surface area contributed by atoms with Gasteiger partial charge < -0.3 is 0 Å². The third-order valence-electron chi connectivity index (χ3n) is 3.24. The van der Waals surface area contributed by atoms with Gasteiger partial charge in [-0.15, -0.1) is 10.2 Å². The summed E-state index contributed by atoms with van der Waals surface area (Å²) in [5, 5.41) is 16.5. The molecule has 7 heteroatoms. The Kier molecular flexibility index (Phi) is 4.26. The lowest BCUT2D eigenvalue weighted by Crippen LogP contribution is -2.09. The summed E-state index contributed by atoms with van der Waals surface area (Å²) in [6, 6.07) is 0. The van der Waals surface area contributed by atoms with E-state index < -0.39 is 0 Å². The number of hydrogen-bond acceptors (Lipinski definition) is 5. The Labute approximate surface area is 118 Å². The number of tetrazole rings is 1. The largest absolute Gasteiger partial charge is 0.294 e.